The summed E-state index contributed by atoms with van der Waals surface area (Å²) >= 11 is 0. The molecule has 0 aromatic heterocycles. The minimum Gasteiger partial charge on any atom is -0.356 e. The van der Waals surface area contributed by atoms with Gasteiger partial charge in [0.15, 0.2) is 0 Å². The number of rotatable bonds is 6. The molecule has 1 saturated carbocycles. The van der Waals surface area contributed by atoms with Crippen molar-refractivity contribution >= 4 is 15.9 Å². The topological polar surface area (TPSA) is 89.3 Å². The Morgan fingerprint density at radius 1 is 1.53 bits per heavy atom. The summed E-state index contributed by atoms with van der Waals surface area (Å²) in [5.41, 5.74) is 0. The molecule has 1 rings (SSSR count). The summed E-state index contributed by atoms with van der Waals surface area (Å²) in [5.74, 6) is 0.528. The van der Waals surface area contributed by atoms with Gasteiger partial charge >= 0.3 is 0 Å². The van der Waals surface area contributed by atoms with Gasteiger partial charge in [0.25, 0.3) is 0 Å². The van der Waals surface area contributed by atoms with Crippen LogP contribution in [0.5, 0.6) is 0 Å². The maximum Gasteiger partial charge on any atom is 0.223 e. The Hall–Kier alpha value is -0.620. The smallest absolute Gasteiger partial charge is 0.223 e. The van der Waals surface area contributed by atoms with Crippen molar-refractivity contribution in [3.05, 3.63) is 0 Å². The zero-order chi connectivity index (χ0) is 11.5. The average molecular weight is 234 g/mol. The fraction of sp³-hybridized carbons (Fsp3) is 0.889. The molecule has 0 radical (unpaired) electrons. The van der Waals surface area contributed by atoms with Crippen molar-refractivity contribution in [3.8, 4) is 0 Å². The molecule has 1 aliphatic carbocycles. The lowest BCUT2D eigenvalue weighted by molar-refractivity contribution is -0.125. The third-order valence-electron chi connectivity index (χ3n) is 2.65. The molecule has 0 aromatic carbocycles. The Balaban J connectivity index is 2.11. The molecule has 1 fully saturated rings. The molecule has 5 nitrogen and oxygen atoms in total. The first-order valence-corrected chi connectivity index (χ1v) is 6.90. The first kappa shape index (κ1) is 12.4. The molecule has 88 valence electrons. The van der Waals surface area contributed by atoms with Crippen LogP contribution < -0.4 is 10.5 Å². The first-order chi connectivity index (χ1) is 6.90. The fourth-order valence-corrected chi connectivity index (χ4v) is 2.00. The Morgan fingerprint density at radius 3 is 2.60 bits per heavy atom. The number of carbonyl (C=O) groups excluding carboxylic acids is 1. The number of nitrogens with one attached hydrogen (secondary N) is 1. The van der Waals surface area contributed by atoms with Crippen LogP contribution in [-0.4, -0.2) is 26.6 Å². The Bertz CT molecular complexity index is 322. The molecule has 3 N–H and O–H groups in total. The molecule has 0 saturated heterocycles. The van der Waals surface area contributed by atoms with Gasteiger partial charge in [0.05, 0.1) is 5.75 Å². The highest BCUT2D eigenvalue weighted by atomic mass is 32.2. The van der Waals surface area contributed by atoms with Crippen molar-refractivity contribution in [2.24, 2.45) is 17.0 Å². The van der Waals surface area contributed by atoms with E-state index in [0.717, 1.165) is 12.8 Å². The van der Waals surface area contributed by atoms with E-state index in [1.165, 1.54) is 0 Å². The summed E-state index contributed by atoms with van der Waals surface area (Å²) in [4.78, 5) is 11.5. The molecule has 15 heavy (non-hydrogen) atoms. The van der Waals surface area contributed by atoms with Crippen molar-refractivity contribution in [1.29, 1.82) is 0 Å². The summed E-state index contributed by atoms with van der Waals surface area (Å²) in [5, 5.41) is 7.55. The number of nitrogens with two attached hydrogens (primary N) is 1. The minimum atomic E-state index is -3.40. The monoisotopic (exact) mass is 234 g/mol. The van der Waals surface area contributed by atoms with Crippen molar-refractivity contribution < 1.29 is 13.2 Å². The largest absolute Gasteiger partial charge is 0.356 e. The van der Waals surface area contributed by atoms with Gasteiger partial charge in [-0.15, -0.1) is 0 Å². The van der Waals surface area contributed by atoms with E-state index in [-0.39, 0.29) is 17.6 Å². The molecule has 1 amide bonds. The quantitative estimate of drug-likeness (QED) is 0.625. The lowest BCUT2D eigenvalue weighted by atomic mass is 10.1. The zero-order valence-corrected chi connectivity index (χ0v) is 9.72. The third-order valence-corrected chi connectivity index (χ3v) is 3.51. The summed E-state index contributed by atoms with van der Waals surface area (Å²) in [6.07, 6.45) is 2.64. The summed E-state index contributed by atoms with van der Waals surface area (Å²) in [7, 11) is -3.40. The summed E-state index contributed by atoms with van der Waals surface area (Å²) in [6, 6.07) is 0. The number of hydrogen-bond donors (Lipinski definition) is 2. The van der Waals surface area contributed by atoms with Crippen LogP contribution in [0, 0.1) is 11.8 Å². The Morgan fingerprint density at radius 2 is 2.13 bits per heavy atom. The van der Waals surface area contributed by atoms with Crippen LogP contribution in [0.4, 0.5) is 0 Å². The molecule has 1 aliphatic rings. The number of carbonyl (C=O) groups is 1. The van der Waals surface area contributed by atoms with Crippen molar-refractivity contribution in [2.75, 3.05) is 12.3 Å². The standard InChI is InChI=1S/C9H18N2O3S/c1-7(8-3-4-8)9(12)11-5-2-6-15(10,13)14/h7-8H,2-6H2,1H3,(H,11,12)(H2,10,13,14). The maximum absolute atomic E-state index is 11.5. The van der Waals surface area contributed by atoms with Crippen LogP contribution in [0.25, 0.3) is 0 Å². The lowest BCUT2D eigenvalue weighted by Crippen LogP contribution is -2.32. The van der Waals surface area contributed by atoms with Crippen LogP contribution >= 0.6 is 0 Å². The van der Waals surface area contributed by atoms with Gasteiger partial charge in [-0.05, 0) is 25.2 Å². The number of hydrogen-bond acceptors (Lipinski definition) is 3. The van der Waals surface area contributed by atoms with Gasteiger partial charge < -0.3 is 5.32 Å². The van der Waals surface area contributed by atoms with Gasteiger partial charge in [-0.3, -0.25) is 4.79 Å². The highest BCUT2D eigenvalue weighted by molar-refractivity contribution is 7.89. The second-order valence-corrected chi connectivity index (χ2v) is 5.87. The Kier molecular flexibility index (Phi) is 4.10. The van der Waals surface area contributed by atoms with Gasteiger partial charge in [0.2, 0.25) is 15.9 Å². The van der Waals surface area contributed by atoms with Crippen LogP contribution in [0.15, 0.2) is 0 Å². The fourth-order valence-electron chi connectivity index (χ4n) is 1.46. The van der Waals surface area contributed by atoms with Crippen LogP contribution in [0.2, 0.25) is 0 Å². The van der Waals surface area contributed by atoms with E-state index >= 15 is 0 Å². The van der Waals surface area contributed by atoms with Gasteiger partial charge in [-0.1, -0.05) is 6.92 Å². The maximum atomic E-state index is 11.5. The SMILES string of the molecule is CC(C(=O)NCCCS(N)(=O)=O)C1CC1. The van der Waals surface area contributed by atoms with Crippen molar-refractivity contribution in [3.63, 3.8) is 0 Å². The van der Waals surface area contributed by atoms with E-state index in [1.54, 1.807) is 0 Å². The molecular formula is C9H18N2O3S. The zero-order valence-electron chi connectivity index (χ0n) is 8.90. The van der Waals surface area contributed by atoms with Crippen LogP contribution in [0.3, 0.4) is 0 Å². The second-order valence-electron chi connectivity index (χ2n) is 4.14. The molecule has 1 unspecified atom stereocenters. The molecule has 0 heterocycles. The summed E-state index contributed by atoms with van der Waals surface area (Å²) < 4.78 is 21.2. The van der Waals surface area contributed by atoms with Gasteiger partial charge in [0, 0.05) is 12.5 Å². The summed E-state index contributed by atoms with van der Waals surface area (Å²) in [6.45, 7) is 2.29. The first-order valence-electron chi connectivity index (χ1n) is 5.18. The molecule has 6 heteroatoms. The molecule has 0 aromatic rings. The van der Waals surface area contributed by atoms with Gasteiger partial charge in [0.1, 0.15) is 0 Å². The number of sulfonamides is 1. The van der Waals surface area contributed by atoms with Gasteiger partial charge in [-0.25, -0.2) is 13.6 Å². The highest BCUT2D eigenvalue weighted by Crippen LogP contribution is 2.36. The van der Waals surface area contributed by atoms with Crippen molar-refractivity contribution in [2.45, 2.75) is 26.2 Å². The normalized spacial score (nSPS) is 18.5. The van der Waals surface area contributed by atoms with E-state index in [4.69, 9.17) is 5.14 Å². The van der Waals surface area contributed by atoms with E-state index in [2.05, 4.69) is 5.32 Å². The van der Waals surface area contributed by atoms with Crippen LogP contribution in [-0.2, 0) is 14.8 Å². The van der Waals surface area contributed by atoms with Crippen LogP contribution in [0.1, 0.15) is 26.2 Å². The van der Waals surface area contributed by atoms with Crippen molar-refractivity contribution in [1.82, 2.24) is 5.32 Å². The van der Waals surface area contributed by atoms with Gasteiger partial charge in [-0.2, -0.15) is 0 Å². The van der Waals surface area contributed by atoms with E-state index in [0.29, 0.717) is 18.9 Å². The predicted molar refractivity (Wildman–Crippen MR) is 57.5 cm³/mol. The van der Waals surface area contributed by atoms with E-state index < -0.39 is 10.0 Å². The number of amides is 1. The van der Waals surface area contributed by atoms with E-state index in [9.17, 15) is 13.2 Å². The highest BCUT2D eigenvalue weighted by Gasteiger charge is 2.32. The third kappa shape index (κ3) is 5.13. The van der Waals surface area contributed by atoms with E-state index in [1.807, 2.05) is 6.92 Å². The molecule has 0 spiro atoms. The second kappa shape index (κ2) is 4.94. The number of primary sulfonamides is 1. The molecular weight excluding hydrogens is 216 g/mol. The molecule has 0 aliphatic heterocycles. The molecule has 0 bridgehead atoms. The minimum absolute atomic E-state index is 0.0203. The lowest BCUT2D eigenvalue weighted by Gasteiger charge is -2.10. The Labute approximate surface area is 90.5 Å². The molecule has 1 atom stereocenters. The predicted octanol–water partition coefficient (Wildman–Crippen LogP) is -0.173. The average Bonchev–Trinajstić information content (AvgIpc) is 2.92.